The SMILES string of the molecule is Cc1ccc(-c2noc(-c3c(O)cccc3F)n2)cc1. The minimum absolute atomic E-state index is 0.0452. The zero-order valence-corrected chi connectivity index (χ0v) is 10.7. The third kappa shape index (κ3) is 2.14. The highest BCUT2D eigenvalue weighted by Gasteiger charge is 2.17. The van der Waals surface area contributed by atoms with E-state index < -0.39 is 5.82 Å². The van der Waals surface area contributed by atoms with E-state index in [1.54, 1.807) is 0 Å². The molecule has 0 spiro atoms. The number of halogens is 1. The molecule has 4 nitrogen and oxygen atoms in total. The third-order valence-corrected chi connectivity index (χ3v) is 2.94. The zero-order valence-electron chi connectivity index (χ0n) is 10.7. The van der Waals surface area contributed by atoms with Gasteiger partial charge in [0.2, 0.25) is 5.82 Å². The lowest BCUT2D eigenvalue weighted by molar-refractivity contribution is 0.421. The first-order chi connectivity index (χ1) is 9.65. The first-order valence-electron chi connectivity index (χ1n) is 6.04. The second-order valence-corrected chi connectivity index (χ2v) is 4.42. The van der Waals surface area contributed by atoms with Gasteiger partial charge in [0.15, 0.2) is 0 Å². The van der Waals surface area contributed by atoms with E-state index in [2.05, 4.69) is 10.1 Å². The number of rotatable bonds is 2. The van der Waals surface area contributed by atoms with Gasteiger partial charge in [-0.2, -0.15) is 4.98 Å². The molecule has 100 valence electrons. The monoisotopic (exact) mass is 270 g/mol. The Hall–Kier alpha value is -2.69. The van der Waals surface area contributed by atoms with Gasteiger partial charge in [-0.1, -0.05) is 41.1 Å². The summed E-state index contributed by atoms with van der Waals surface area (Å²) in [7, 11) is 0. The summed E-state index contributed by atoms with van der Waals surface area (Å²) in [4.78, 5) is 4.12. The van der Waals surface area contributed by atoms with E-state index in [0.717, 1.165) is 11.1 Å². The fourth-order valence-electron chi connectivity index (χ4n) is 1.87. The van der Waals surface area contributed by atoms with Gasteiger partial charge in [0.1, 0.15) is 17.1 Å². The van der Waals surface area contributed by atoms with Crippen molar-refractivity contribution >= 4 is 0 Å². The van der Waals surface area contributed by atoms with Crippen LogP contribution in [0.1, 0.15) is 5.56 Å². The molecule has 3 aromatic rings. The number of phenolic OH excluding ortho intramolecular Hbond substituents is 1. The van der Waals surface area contributed by atoms with E-state index in [1.807, 2.05) is 31.2 Å². The van der Waals surface area contributed by atoms with Crippen LogP contribution in [-0.4, -0.2) is 15.2 Å². The number of hydrogen-bond acceptors (Lipinski definition) is 4. The summed E-state index contributed by atoms with van der Waals surface area (Å²) >= 11 is 0. The van der Waals surface area contributed by atoms with Crippen LogP contribution in [0.5, 0.6) is 5.75 Å². The molecule has 0 unspecified atom stereocenters. The number of phenols is 1. The quantitative estimate of drug-likeness (QED) is 0.773. The predicted octanol–water partition coefficient (Wildman–Crippen LogP) is 3.56. The summed E-state index contributed by atoms with van der Waals surface area (Å²) in [6.07, 6.45) is 0. The second-order valence-electron chi connectivity index (χ2n) is 4.42. The molecule has 1 N–H and O–H groups in total. The molecule has 5 heteroatoms. The van der Waals surface area contributed by atoms with Crippen LogP contribution in [0.2, 0.25) is 0 Å². The Kier molecular flexibility index (Phi) is 2.95. The third-order valence-electron chi connectivity index (χ3n) is 2.94. The Labute approximate surface area is 114 Å². The summed E-state index contributed by atoms with van der Waals surface area (Å²) in [6.45, 7) is 1.98. The van der Waals surface area contributed by atoms with Gasteiger partial charge >= 0.3 is 0 Å². The lowest BCUT2D eigenvalue weighted by Gasteiger charge is -1.99. The molecule has 3 rings (SSSR count). The minimum atomic E-state index is -0.607. The fraction of sp³-hybridized carbons (Fsp3) is 0.0667. The molecular weight excluding hydrogens is 259 g/mol. The van der Waals surface area contributed by atoms with Gasteiger partial charge in [-0.3, -0.25) is 0 Å². The smallest absolute Gasteiger partial charge is 0.265 e. The molecule has 0 saturated heterocycles. The summed E-state index contributed by atoms with van der Waals surface area (Å²) in [6, 6.07) is 11.6. The molecule has 20 heavy (non-hydrogen) atoms. The number of aromatic nitrogens is 2. The van der Waals surface area contributed by atoms with E-state index in [9.17, 15) is 9.50 Å². The van der Waals surface area contributed by atoms with E-state index in [1.165, 1.54) is 18.2 Å². The molecule has 2 aromatic carbocycles. The van der Waals surface area contributed by atoms with Crippen molar-refractivity contribution in [3.05, 3.63) is 53.8 Å². The highest BCUT2D eigenvalue weighted by atomic mass is 19.1. The Morgan fingerprint density at radius 2 is 1.85 bits per heavy atom. The largest absolute Gasteiger partial charge is 0.507 e. The maximum atomic E-state index is 13.7. The topological polar surface area (TPSA) is 59.2 Å². The van der Waals surface area contributed by atoms with Gasteiger partial charge in [-0.25, -0.2) is 4.39 Å². The molecule has 0 amide bonds. The van der Waals surface area contributed by atoms with Crippen LogP contribution in [0.3, 0.4) is 0 Å². The lowest BCUT2D eigenvalue weighted by Crippen LogP contribution is -1.86. The van der Waals surface area contributed by atoms with E-state index in [0.29, 0.717) is 5.82 Å². The molecule has 0 bridgehead atoms. The highest BCUT2D eigenvalue weighted by molar-refractivity contribution is 5.65. The number of benzene rings is 2. The number of aryl methyl sites for hydroxylation is 1. The van der Waals surface area contributed by atoms with E-state index >= 15 is 0 Å². The van der Waals surface area contributed by atoms with Crippen molar-refractivity contribution < 1.29 is 14.0 Å². The van der Waals surface area contributed by atoms with Crippen LogP contribution in [0, 0.1) is 12.7 Å². The summed E-state index contributed by atoms with van der Waals surface area (Å²) in [5.41, 5.74) is 1.80. The van der Waals surface area contributed by atoms with Crippen molar-refractivity contribution in [3.63, 3.8) is 0 Å². The van der Waals surface area contributed by atoms with Crippen LogP contribution in [0.15, 0.2) is 47.0 Å². The van der Waals surface area contributed by atoms with Crippen molar-refractivity contribution in [2.45, 2.75) is 6.92 Å². The molecule has 1 heterocycles. The van der Waals surface area contributed by atoms with Crippen LogP contribution in [0.4, 0.5) is 4.39 Å². The van der Waals surface area contributed by atoms with Gasteiger partial charge in [-0.05, 0) is 19.1 Å². The maximum Gasteiger partial charge on any atom is 0.265 e. The maximum absolute atomic E-state index is 13.7. The normalized spacial score (nSPS) is 10.7. The fourth-order valence-corrected chi connectivity index (χ4v) is 1.87. The van der Waals surface area contributed by atoms with Crippen LogP contribution >= 0.6 is 0 Å². The second kappa shape index (κ2) is 4.77. The van der Waals surface area contributed by atoms with Crippen molar-refractivity contribution in [2.75, 3.05) is 0 Å². The molecule has 0 atom stereocenters. The summed E-state index contributed by atoms with van der Waals surface area (Å²) in [5.74, 6) is -0.535. The Bertz CT molecular complexity index is 731. The van der Waals surface area contributed by atoms with E-state index in [-0.39, 0.29) is 17.2 Å². The average molecular weight is 270 g/mol. The van der Waals surface area contributed by atoms with Crippen LogP contribution in [-0.2, 0) is 0 Å². The molecular formula is C15H11FN2O2. The van der Waals surface area contributed by atoms with Gasteiger partial charge in [-0.15, -0.1) is 0 Å². The first kappa shape index (κ1) is 12.3. The minimum Gasteiger partial charge on any atom is -0.507 e. The first-order valence-corrected chi connectivity index (χ1v) is 6.04. The Balaban J connectivity index is 2.04. The molecule has 1 aromatic heterocycles. The van der Waals surface area contributed by atoms with Crippen molar-refractivity contribution in [1.82, 2.24) is 10.1 Å². The van der Waals surface area contributed by atoms with Gasteiger partial charge < -0.3 is 9.63 Å². The molecule has 0 aliphatic rings. The standard InChI is InChI=1S/C15H11FN2O2/c1-9-5-7-10(8-6-9)14-17-15(20-18-14)13-11(16)3-2-4-12(13)19/h2-8,19H,1H3. The van der Waals surface area contributed by atoms with Gasteiger partial charge in [0.05, 0.1) is 0 Å². The lowest BCUT2D eigenvalue weighted by atomic mass is 10.1. The summed E-state index contributed by atoms with van der Waals surface area (Å²) in [5, 5.41) is 13.5. The van der Waals surface area contributed by atoms with Crippen LogP contribution < -0.4 is 0 Å². The van der Waals surface area contributed by atoms with Crippen molar-refractivity contribution in [3.8, 4) is 28.6 Å². The number of aromatic hydroxyl groups is 1. The van der Waals surface area contributed by atoms with Crippen LogP contribution in [0.25, 0.3) is 22.8 Å². The Morgan fingerprint density at radius 3 is 2.55 bits per heavy atom. The molecule has 0 aliphatic heterocycles. The average Bonchev–Trinajstić information content (AvgIpc) is 2.89. The predicted molar refractivity (Wildman–Crippen MR) is 71.5 cm³/mol. The van der Waals surface area contributed by atoms with Crippen molar-refractivity contribution in [2.24, 2.45) is 0 Å². The zero-order chi connectivity index (χ0) is 14.1. The van der Waals surface area contributed by atoms with Crippen molar-refractivity contribution in [1.29, 1.82) is 0 Å². The van der Waals surface area contributed by atoms with Gasteiger partial charge in [0.25, 0.3) is 5.89 Å². The highest BCUT2D eigenvalue weighted by Crippen LogP contribution is 2.31. The van der Waals surface area contributed by atoms with Gasteiger partial charge in [0, 0.05) is 5.56 Å². The number of nitrogens with zero attached hydrogens (tertiary/aromatic N) is 2. The molecule has 0 saturated carbocycles. The molecule has 0 aliphatic carbocycles. The molecule has 0 radical (unpaired) electrons. The van der Waals surface area contributed by atoms with E-state index in [4.69, 9.17) is 4.52 Å². The number of hydrogen-bond donors (Lipinski definition) is 1. The summed E-state index contributed by atoms with van der Waals surface area (Å²) < 4.78 is 18.7. The molecule has 0 fully saturated rings. The Morgan fingerprint density at radius 1 is 1.10 bits per heavy atom.